The zero-order valence-corrected chi connectivity index (χ0v) is 11.6. The molecular weight excluding hydrogens is 216 g/mol. The van der Waals surface area contributed by atoms with Crippen molar-refractivity contribution < 1.29 is 9.53 Å². The molecule has 1 saturated heterocycles. The summed E-state index contributed by atoms with van der Waals surface area (Å²) in [4.78, 5) is 14.1. The van der Waals surface area contributed by atoms with Gasteiger partial charge < -0.3 is 15.0 Å². The van der Waals surface area contributed by atoms with Gasteiger partial charge in [0.05, 0.1) is 12.6 Å². The fourth-order valence-corrected chi connectivity index (χ4v) is 2.31. The molecule has 1 unspecified atom stereocenters. The van der Waals surface area contributed by atoms with Crippen LogP contribution in [-0.2, 0) is 9.53 Å². The normalized spacial score (nSPS) is 23.4. The maximum atomic E-state index is 12.3. The average Bonchev–Trinajstić information content (AvgIpc) is 2.28. The standard InChI is InChI=1S/C13H26N2O2/c1-5-17-10-9-15(4)12(16)11-13(2,3)7-6-8-14-11/h11,14H,5-10H2,1-4H3. The molecule has 0 aromatic heterocycles. The van der Waals surface area contributed by atoms with Gasteiger partial charge in [0.25, 0.3) is 0 Å². The van der Waals surface area contributed by atoms with Crippen molar-refractivity contribution in [3.63, 3.8) is 0 Å². The molecular formula is C13H26N2O2. The molecule has 0 aromatic rings. The lowest BCUT2D eigenvalue weighted by atomic mass is 9.77. The number of amides is 1. The first-order chi connectivity index (χ1) is 7.99. The van der Waals surface area contributed by atoms with Crippen molar-refractivity contribution in [1.82, 2.24) is 10.2 Å². The monoisotopic (exact) mass is 242 g/mol. The van der Waals surface area contributed by atoms with Gasteiger partial charge in [-0.2, -0.15) is 0 Å². The second-order valence-corrected chi connectivity index (χ2v) is 5.44. The maximum absolute atomic E-state index is 12.3. The van der Waals surface area contributed by atoms with E-state index in [1.54, 1.807) is 4.90 Å². The second-order valence-electron chi connectivity index (χ2n) is 5.44. The first-order valence-corrected chi connectivity index (χ1v) is 6.55. The Morgan fingerprint density at radius 2 is 2.24 bits per heavy atom. The van der Waals surface area contributed by atoms with Gasteiger partial charge in [-0.05, 0) is 31.7 Å². The zero-order chi connectivity index (χ0) is 12.9. The van der Waals surface area contributed by atoms with Crippen LogP contribution in [0.3, 0.4) is 0 Å². The highest BCUT2D eigenvalue weighted by molar-refractivity contribution is 5.82. The summed E-state index contributed by atoms with van der Waals surface area (Å²) in [6.45, 7) is 9.23. The fraction of sp³-hybridized carbons (Fsp3) is 0.923. The van der Waals surface area contributed by atoms with Crippen LogP contribution < -0.4 is 5.32 Å². The Hall–Kier alpha value is -0.610. The Bertz CT molecular complexity index is 254. The summed E-state index contributed by atoms with van der Waals surface area (Å²) >= 11 is 0. The molecule has 4 heteroatoms. The van der Waals surface area contributed by atoms with Crippen LogP contribution in [0, 0.1) is 5.41 Å². The lowest BCUT2D eigenvalue weighted by molar-refractivity contribution is -0.136. The predicted octanol–water partition coefficient (Wildman–Crippen LogP) is 1.26. The number of hydrogen-bond donors (Lipinski definition) is 1. The van der Waals surface area contributed by atoms with Crippen molar-refractivity contribution in [3.05, 3.63) is 0 Å². The third kappa shape index (κ3) is 3.96. The van der Waals surface area contributed by atoms with Crippen molar-refractivity contribution in [2.45, 2.75) is 39.7 Å². The first kappa shape index (κ1) is 14.5. The highest BCUT2D eigenvalue weighted by Gasteiger charge is 2.38. The smallest absolute Gasteiger partial charge is 0.240 e. The van der Waals surface area contributed by atoms with Crippen LogP contribution in [0.25, 0.3) is 0 Å². The number of ether oxygens (including phenoxy) is 1. The van der Waals surface area contributed by atoms with Gasteiger partial charge in [0.1, 0.15) is 0 Å². The van der Waals surface area contributed by atoms with Crippen LogP contribution in [0.2, 0.25) is 0 Å². The van der Waals surface area contributed by atoms with Crippen LogP contribution in [-0.4, -0.2) is 50.2 Å². The quantitative estimate of drug-likeness (QED) is 0.738. The Morgan fingerprint density at radius 3 is 2.82 bits per heavy atom. The summed E-state index contributed by atoms with van der Waals surface area (Å²) in [6.07, 6.45) is 2.26. The van der Waals surface area contributed by atoms with Crippen molar-refractivity contribution in [1.29, 1.82) is 0 Å². The van der Waals surface area contributed by atoms with E-state index in [0.717, 1.165) is 19.4 Å². The van der Waals surface area contributed by atoms with Gasteiger partial charge >= 0.3 is 0 Å². The van der Waals surface area contributed by atoms with Gasteiger partial charge in [-0.25, -0.2) is 0 Å². The van der Waals surface area contributed by atoms with E-state index in [2.05, 4.69) is 19.2 Å². The predicted molar refractivity (Wildman–Crippen MR) is 68.9 cm³/mol. The number of carbonyl (C=O) groups is 1. The van der Waals surface area contributed by atoms with Crippen molar-refractivity contribution in [3.8, 4) is 0 Å². The van der Waals surface area contributed by atoms with Gasteiger partial charge in [0.15, 0.2) is 0 Å². The molecule has 4 nitrogen and oxygen atoms in total. The van der Waals surface area contributed by atoms with E-state index >= 15 is 0 Å². The van der Waals surface area contributed by atoms with Crippen LogP contribution in [0.15, 0.2) is 0 Å². The number of carbonyl (C=O) groups excluding carboxylic acids is 1. The Morgan fingerprint density at radius 1 is 1.53 bits per heavy atom. The third-order valence-electron chi connectivity index (χ3n) is 3.53. The van der Waals surface area contributed by atoms with E-state index in [1.807, 2.05) is 14.0 Å². The van der Waals surface area contributed by atoms with Crippen LogP contribution in [0.5, 0.6) is 0 Å². The Labute approximate surface area is 105 Å². The van der Waals surface area contributed by atoms with Crippen LogP contribution >= 0.6 is 0 Å². The lowest BCUT2D eigenvalue weighted by Gasteiger charge is -2.40. The number of hydrogen-bond acceptors (Lipinski definition) is 3. The Kier molecular flexibility index (Phi) is 5.40. The van der Waals surface area contributed by atoms with Crippen molar-refractivity contribution in [2.24, 2.45) is 5.41 Å². The van der Waals surface area contributed by atoms with E-state index in [9.17, 15) is 4.79 Å². The highest BCUT2D eigenvalue weighted by atomic mass is 16.5. The van der Waals surface area contributed by atoms with Gasteiger partial charge in [0, 0.05) is 20.2 Å². The minimum atomic E-state index is -0.0529. The van der Waals surface area contributed by atoms with E-state index in [-0.39, 0.29) is 17.4 Å². The molecule has 1 heterocycles. The highest BCUT2D eigenvalue weighted by Crippen LogP contribution is 2.30. The minimum absolute atomic E-state index is 0.0508. The van der Waals surface area contributed by atoms with Crippen LogP contribution in [0.4, 0.5) is 0 Å². The average molecular weight is 242 g/mol. The molecule has 1 fully saturated rings. The number of nitrogens with zero attached hydrogens (tertiary/aromatic N) is 1. The van der Waals surface area contributed by atoms with Crippen molar-refractivity contribution >= 4 is 5.91 Å². The molecule has 0 aliphatic carbocycles. The molecule has 17 heavy (non-hydrogen) atoms. The number of piperidine rings is 1. The van der Waals surface area contributed by atoms with Gasteiger partial charge in [-0.15, -0.1) is 0 Å². The lowest BCUT2D eigenvalue weighted by Crippen LogP contribution is -2.56. The molecule has 0 spiro atoms. The summed E-state index contributed by atoms with van der Waals surface area (Å²) in [7, 11) is 1.85. The van der Waals surface area contributed by atoms with E-state index < -0.39 is 0 Å². The second kappa shape index (κ2) is 6.36. The molecule has 100 valence electrons. The molecule has 1 rings (SSSR count). The van der Waals surface area contributed by atoms with Gasteiger partial charge in [-0.3, -0.25) is 4.79 Å². The SMILES string of the molecule is CCOCCN(C)C(=O)C1NCCCC1(C)C. The number of nitrogens with one attached hydrogen (secondary N) is 1. The maximum Gasteiger partial charge on any atom is 0.240 e. The molecule has 0 saturated carbocycles. The molecule has 1 aliphatic rings. The number of rotatable bonds is 5. The van der Waals surface area contributed by atoms with E-state index in [1.165, 1.54) is 0 Å². The fourth-order valence-electron chi connectivity index (χ4n) is 2.31. The van der Waals surface area contributed by atoms with Crippen molar-refractivity contribution in [2.75, 3.05) is 33.4 Å². The number of likely N-dealkylation sites (N-methyl/N-ethyl adjacent to an activating group) is 1. The molecule has 1 atom stereocenters. The van der Waals surface area contributed by atoms with Gasteiger partial charge in [-0.1, -0.05) is 13.8 Å². The summed E-state index contributed by atoms with van der Waals surface area (Å²) in [5.74, 6) is 0.189. The molecule has 0 aromatic carbocycles. The Balaban J connectivity index is 2.49. The summed E-state index contributed by atoms with van der Waals surface area (Å²) < 4.78 is 5.28. The topological polar surface area (TPSA) is 41.6 Å². The summed E-state index contributed by atoms with van der Waals surface area (Å²) in [5, 5.41) is 3.35. The van der Waals surface area contributed by atoms with E-state index in [4.69, 9.17) is 4.74 Å². The molecule has 0 radical (unpaired) electrons. The molecule has 1 N–H and O–H groups in total. The zero-order valence-electron chi connectivity index (χ0n) is 11.6. The molecule has 0 bridgehead atoms. The first-order valence-electron chi connectivity index (χ1n) is 6.55. The summed E-state index contributed by atoms with van der Waals surface area (Å²) in [5.41, 5.74) is 0.0508. The van der Waals surface area contributed by atoms with Crippen LogP contribution in [0.1, 0.15) is 33.6 Å². The molecule has 1 aliphatic heterocycles. The minimum Gasteiger partial charge on any atom is -0.380 e. The molecule has 1 amide bonds. The van der Waals surface area contributed by atoms with E-state index in [0.29, 0.717) is 19.8 Å². The summed E-state index contributed by atoms with van der Waals surface area (Å²) in [6, 6.07) is -0.0529. The third-order valence-corrected chi connectivity index (χ3v) is 3.53. The van der Waals surface area contributed by atoms with Gasteiger partial charge in [0.2, 0.25) is 5.91 Å². The largest absolute Gasteiger partial charge is 0.380 e.